The van der Waals surface area contributed by atoms with Crippen LogP contribution in [-0.4, -0.2) is 11.1 Å². The van der Waals surface area contributed by atoms with Crippen LogP contribution in [0.1, 0.15) is 123 Å². The van der Waals surface area contributed by atoms with Crippen LogP contribution in [0, 0.1) is 5.92 Å². The molecule has 1 atom stereocenters. The second-order valence-electron chi connectivity index (χ2n) is 7.21. The molecule has 0 aliphatic heterocycles. The van der Waals surface area contributed by atoms with Gasteiger partial charge in [0.25, 0.3) is 0 Å². The van der Waals surface area contributed by atoms with Gasteiger partial charge in [0.05, 0.1) is 5.92 Å². The van der Waals surface area contributed by atoms with Gasteiger partial charge in [0, 0.05) is 0 Å². The molecule has 2 nitrogen and oxygen atoms in total. The minimum Gasteiger partial charge on any atom is -0.481 e. The van der Waals surface area contributed by atoms with Crippen LogP contribution >= 0.6 is 0 Å². The van der Waals surface area contributed by atoms with Gasteiger partial charge in [-0.05, 0) is 12.8 Å². The van der Waals surface area contributed by atoms with Crippen LogP contribution in [0.25, 0.3) is 0 Å². The van der Waals surface area contributed by atoms with Crippen molar-refractivity contribution in [2.45, 2.75) is 123 Å². The number of aliphatic carboxylic acids is 1. The van der Waals surface area contributed by atoms with Crippen molar-refractivity contribution in [3.8, 4) is 0 Å². The van der Waals surface area contributed by atoms with Crippen LogP contribution in [0.2, 0.25) is 0 Å². The van der Waals surface area contributed by atoms with Crippen LogP contribution in [0.15, 0.2) is 0 Å². The highest BCUT2D eigenvalue weighted by Crippen LogP contribution is 2.19. The molecule has 0 bridgehead atoms. The van der Waals surface area contributed by atoms with Gasteiger partial charge in [0.2, 0.25) is 0 Å². The number of rotatable bonds is 18. The first-order valence-electron chi connectivity index (χ1n) is 10.4. The lowest BCUT2D eigenvalue weighted by Gasteiger charge is -2.11. The van der Waals surface area contributed by atoms with Crippen molar-refractivity contribution >= 4 is 5.97 Å². The van der Waals surface area contributed by atoms with Crippen molar-refractivity contribution in [1.29, 1.82) is 0 Å². The summed E-state index contributed by atoms with van der Waals surface area (Å²) in [6.07, 6.45) is 21.3. The predicted molar refractivity (Wildman–Crippen MR) is 101 cm³/mol. The molecule has 0 aromatic carbocycles. The molecule has 0 heterocycles. The zero-order chi connectivity index (χ0) is 17.2. The largest absolute Gasteiger partial charge is 0.481 e. The van der Waals surface area contributed by atoms with E-state index in [1.807, 2.05) is 0 Å². The van der Waals surface area contributed by atoms with E-state index in [-0.39, 0.29) is 5.92 Å². The van der Waals surface area contributed by atoms with Crippen LogP contribution < -0.4 is 0 Å². The minimum absolute atomic E-state index is 0.0929. The number of hydrogen-bond donors (Lipinski definition) is 1. The highest BCUT2D eigenvalue weighted by Gasteiger charge is 2.15. The van der Waals surface area contributed by atoms with E-state index in [2.05, 4.69) is 13.8 Å². The van der Waals surface area contributed by atoms with E-state index >= 15 is 0 Å². The Morgan fingerprint density at radius 1 is 0.609 bits per heavy atom. The van der Waals surface area contributed by atoms with E-state index in [0.29, 0.717) is 0 Å². The zero-order valence-electron chi connectivity index (χ0n) is 16.0. The highest BCUT2D eigenvalue weighted by molar-refractivity contribution is 5.69. The third-order valence-corrected chi connectivity index (χ3v) is 4.91. The van der Waals surface area contributed by atoms with Crippen LogP contribution in [0.4, 0.5) is 0 Å². The van der Waals surface area contributed by atoms with Crippen molar-refractivity contribution in [1.82, 2.24) is 0 Å². The van der Waals surface area contributed by atoms with Crippen molar-refractivity contribution in [2.24, 2.45) is 5.92 Å². The highest BCUT2D eigenvalue weighted by atomic mass is 16.4. The summed E-state index contributed by atoms with van der Waals surface area (Å²) in [5.41, 5.74) is 0. The molecule has 0 aliphatic rings. The number of carboxylic acid groups (broad SMARTS) is 1. The molecule has 0 saturated carbocycles. The van der Waals surface area contributed by atoms with E-state index in [4.69, 9.17) is 0 Å². The maximum Gasteiger partial charge on any atom is 0.306 e. The van der Waals surface area contributed by atoms with Crippen LogP contribution in [0.5, 0.6) is 0 Å². The maximum atomic E-state index is 11.2. The van der Waals surface area contributed by atoms with Crippen LogP contribution in [0.3, 0.4) is 0 Å². The summed E-state index contributed by atoms with van der Waals surface area (Å²) in [4.78, 5) is 11.2. The third-order valence-electron chi connectivity index (χ3n) is 4.91. The van der Waals surface area contributed by atoms with Gasteiger partial charge in [0.15, 0.2) is 0 Å². The molecule has 0 rings (SSSR count). The molecule has 0 saturated heterocycles. The van der Waals surface area contributed by atoms with Crippen molar-refractivity contribution in [3.05, 3.63) is 0 Å². The van der Waals surface area contributed by atoms with Gasteiger partial charge in [-0.2, -0.15) is 0 Å². The molecule has 0 aromatic heterocycles. The molecule has 0 aromatic rings. The molecule has 0 radical (unpaired) electrons. The fourth-order valence-electron chi connectivity index (χ4n) is 3.26. The Labute approximate surface area is 145 Å². The van der Waals surface area contributed by atoms with Gasteiger partial charge in [-0.1, -0.05) is 110 Å². The lowest BCUT2D eigenvalue weighted by atomic mass is 9.94. The molecule has 138 valence electrons. The number of unbranched alkanes of at least 4 members (excludes halogenated alkanes) is 13. The van der Waals surface area contributed by atoms with E-state index < -0.39 is 5.97 Å². The number of carbonyl (C=O) groups is 1. The van der Waals surface area contributed by atoms with E-state index in [0.717, 1.165) is 25.7 Å². The van der Waals surface area contributed by atoms with Gasteiger partial charge >= 0.3 is 5.97 Å². The molecular formula is C21H42O2. The summed E-state index contributed by atoms with van der Waals surface area (Å²) in [7, 11) is 0. The topological polar surface area (TPSA) is 37.3 Å². The Kier molecular flexibility index (Phi) is 17.4. The molecule has 0 aliphatic carbocycles. The monoisotopic (exact) mass is 326 g/mol. The van der Waals surface area contributed by atoms with Gasteiger partial charge in [-0.3, -0.25) is 4.79 Å². The smallest absolute Gasteiger partial charge is 0.306 e. The Morgan fingerprint density at radius 3 is 1.30 bits per heavy atom. The lowest BCUT2D eigenvalue weighted by molar-refractivity contribution is -0.142. The minimum atomic E-state index is -0.579. The molecule has 0 fully saturated rings. The zero-order valence-corrected chi connectivity index (χ0v) is 16.0. The first-order valence-corrected chi connectivity index (χ1v) is 10.4. The molecular weight excluding hydrogens is 284 g/mol. The standard InChI is InChI=1S/C21H42O2/c1-3-5-7-8-9-10-11-12-13-14-15-17-19-20(21(22)23)18-16-6-4-2/h20H,3-19H2,1-2H3,(H,22,23). The first kappa shape index (κ1) is 22.5. The Bertz CT molecular complexity index is 250. The average molecular weight is 327 g/mol. The molecule has 2 heteroatoms. The maximum absolute atomic E-state index is 11.2. The molecule has 23 heavy (non-hydrogen) atoms. The lowest BCUT2D eigenvalue weighted by Crippen LogP contribution is -2.13. The summed E-state index contributed by atoms with van der Waals surface area (Å²) in [6.45, 7) is 4.44. The van der Waals surface area contributed by atoms with E-state index in [9.17, 15) is 9.90 Å². The summed E-state index contributed by atoms with van der Waals surface area (Å²) in [5, 5.41) is 9.25. The van der Waals surface area contributed by atoms with Crippen molar-refractivity contribution in [3.63, 3.8) is 0 Å². The van der Waals surface area contributed by atoms with Gasteiger partial charge in [-0.25, -0.2) is 0 Å². The van der Waals surface area contributed by atoms with E-state index in [1.165, 1.54) is 83.5 Å². The second-order valence-corrected chi connectivity index (χ2v) is 7.21. The van der Waals surface area contributed by atoms with Gasteiger partial charge < -0.3 is 5.11 Å². The number of carboxylic acids is 1. The fraction of sp³-hybridized carbons (Fsp3) is 0.952. The normalized spacial score (nSPS) is 12.4. The number of hydrogen-bond acceptors (Lipinski definition) is 1. The molecule has 1 N–H and O–H groups in total. The first-order chi connectivity index (χ1) is 11.2. The predicted octanol–water partition coefficient (Wildman–Crippen LogP) is 7.36. The summed E-state index contributed by atoms with van der Waals surface area (Å²) in [6, 6.07) is 0. The average Bonchev–Trinajstić information content (AvgIpc) is 2.54. The summed E-state index contributed by atoms with van der Waals surface area (Å²) < 4.78 is 0. The summed E-state index contributed by atoms with van der Waals surface area (Å²) in [5.74, 6) is -0.672. The molecule has 0 amide bonds. The van der Waals surface area contributed by atoms with Gasteiger partial charge in [0.1, 0.15) is 0 Å². The fourth-order valence-corrected chi connectivity index (χ4v) is 3.26. The Hall–Kier alpha value is -0.530. The molecule has 1 unspecified atom stereocenters. The second kappa shape index (κ2) is 17.8. The van der Waals surface area contributed by atoms with Crippen molar-refractivity contribution in [2.75, 3.05) is 0 Å². The van der Waals surface area contributed by atoms with Crippen molar-refractivity contribution < 1.29 is 9.90 Å². The van der Waals surface area contributed by atoms with E-state index in [1.54, 1.807) is 0 Å². The SMILES string of the molecule is CCCCCCCCCCCCCCC(CCCCC)C(=O)O. The molecule has 0 spiro atoms. The third kappa shape index (κ3) is 16.1. The Morgan fingerprint density at radius 2 is 0.913 bits per heavy atom. The summed E-state index contributed by atoms with van der Waals surface area (Å²) >= 11 is 0. The Balaban J connectivity index is 3.34. The quantitative estimate of drug-likeness (QED) is 0.267. The van der Waals surface area contributed by atoms with Gasteiger partial charge in [-0.15, -0.1) is 0 Å². The van der Waals surface area contributed by atoms with Crippen LogP contribution in [-0.2, 0) is 4.79 Å².